The number of likely N-dealkylation sites (N-methyl/N-ethyl adjacent to an activating group) is 1. The number of ether oxygens (including phenoxy) is 1. The molecule has 1 aromatic rings. The normalized spacial score (nSPS) is 20.6. The van der Waals surface area contributed by atoms with Gasteiger partial charge in [-0.2, -0.15) is 5.10 Å². The van der Waals surface area contributed by atoms with Gasteiger partial charge in [0.2, 0.25) is 0 Å². The van der Waals surface area contributed by atoms with E-state index in [1.54, 1.807) is 0 Å². The van der Waals surface area contributed by atoms with Crippen molar-refractivity contribution in [2.45, 2.75) is 19.0 Å². The van der Waals surface area contributed by atoms with Crippen molar-refractivity contribution in [3.63, 3.8) is 0 Å². The van der Waals surface area contributed by atoms with E-state index < -0.39 is 0 Å². The fraction of sp³-hybridized carbons (Fsp3) is 0.727. The van der Waals surface area contributed by atoms with E-state index in [-0.39, 0.29) is 0 Å². The number of nitrogens with one attached hydrogen (secondary N) is 1. The Labute approximate surface area is 96.4 Å². The second-order valence-corrected chi connectivity index (χ2v) is 4.50. The molecule has 1 fully saturated rings. The van der Waals surface area contributed by atoms with E-state index >= 15 is 0 Å². The molecular weight excluding hydrogens is 204 g/mol. The maximum Gasteiger partial charge on any atom is 0.0729 e. The van der Waals surface area contributed by atoms with E-state index in [2.05, 4.69) is 35.6 Å². The lowest BCUT2D eigenvalue weighted by Crippen LogP contribution is -2.19. The van der Waals surface area contributed by atoms with Crippen LogP contribution in [0.5, 0.6) is 0 Å². The molecule has 2 heterocycles. The summed E-state index contributed by atoms with van der Waals surface area (Å²) in [7, 11) is 4.14. The van der Waals surface area contributed by atoms with Crippen LogP contribution < -0.4 is 5.32 Å². The van der Waals surface area contributed by atoms with Gasteiger partial charge in [0.25, 0.3) is 0 Å². The average molecular weight is 224 g/mol. The maximum atomic E-state index is 5.32. The van der Waals surface area contributed by atoms with Gasteiger partial charge in [-0.3, -0.25) is 4.68 Å². The SMILES string of the molecule is CN(C)CCn1cc(NC2CCOC2)cn1. The van der Waals surface area contributed by atoms with Crippen LogP contribution in [0.15, 0.2) is 12.4 Å². The molecular formula is C11H20N4O. The highest BCUT2D eigenvalue weighted by atomic mass is 16.5. The molecule has 5 nitrogen and oxygen atoms in total. The van der Waals surface area contributed by atoms with Crippen molar-refractivity contribution >= 4 is 5.69 Å². The standard InChI is InChI=1S/C11H20N4O/c1-14(2)4-5-15-8-11(7-12-15)13-10-3-6-16-9-10/h7-8,10,13H,3-6,9H2,1-2H3. The predicted molar refractivity (Wildman–Crippen MR) is 63.6 cm³/mol. The van der Waals surface area contributed by atoms with Gasteiger partial charge in [-0.15, -0.1) is 0 Å². The second-order valence-electron chi connectivity index (χ2n) is 4.50. The Morgan fingerprint density at radius 2 is 2.50 bits per heavy atom. The minimum Gasteiger partial charge on any atom is -0.379 e. The number of aromatic nitrogens is 2. The molecule has 1 aromatic heterocycles. The van der Waals surface area contributed by atoms with Gasteiger partial charge in [0.05, 0.1) is 31.1 Å². The monoisotopic (exact) mass is 224 g/mol. The van der Waals surface area contributed by atoms with E-state index in [9.17, 15) is 0 Å². The summed E-state index contributed by atoms with van der Waals surface area (Å²) in [6.45, 7) is 3.61. The van der Waals surface area contributed by atoms with E-state index in [0.717, 1.165) is 38.4 Å². The molecule has 1 aliphatic rings. The molecule has 0 aliphatic carbocycles. The third kappa shape index (κ3) is 3.21. The first-order valence-corrected chi connectivity index (χ1v) is 5.75. The molecule has 0 amide bonds. The second kappa shape index (κ2) is 5.32. The lowest BCUT2D eigenvalue weighted by atomic mass is 10.2. The largest absolute Gasteiger partial charge is 0.379 e. The Balaban J connectivity index is 1.81. The van der Waals surface area contributed by atoms with Crippen LogP contribution in [0.25, 0.3) is 0 Å². The molecule has 2 rings (SSSR count). The van der Waals surface area contributed by atoms with Crippen molar-refractivity contribution in [3.8, 4) is 0 Å². The third-order valence-corrected chi connectivity index (χ3v) is 2.71. The minimum absolute atomic E-state index is 0.450. The Kier molecular flexibility index (Phi) is 3.79. The van der Waals surface area contributed by atoms with Gasteiger partial charge < -0.3 is 15.0 Å². The number of hydrogen-bond donors (Lipinski definition) is 1. The molecule has 0 spiro atoms. The van der Waals surface area contributed by atoms with Crippen LogP contribution >= 0.6 is 0 Å². The summed E-state index contributed by atoms with van der Waals surface area (Å²) >= 11 is 0. The summed E-state index contributed by atoms with van der Waals surface area (Å²) in [6, 6.07) is 0.450. The summed E-state index contributed by atoms with van der Waals surface area (Å²) in [5, 5.41) is 7.74. The molecule has 5 heteroatoms. The van der Waals surface area contributed by atoms with Crippen molar-refractivity contribution in [1.82, 2.24) is 14.7 Å². The van der Waals surface area contributed by atoms with Crippen LogP contribution in [0.2, 0.25) is 0 Å². The van der Waals surface area contributed by atoms with Crippen LogP contribution in [0.4, 0.5) is 5.69 Å². The molecule has 1 N–H and O–H groups in total. The van der Waals surface area contributed by atoms with Crippen molar-refractivity contribution in [2.75, 3.05) is 39.2 Å². The summed E-state index contributed by atoms with van der Waals surface area (Å²) in [6.07, 6.45) is 5.03. The van der Waals surface area contributed by atoms with E-state index in [1.165, 1.54) is 0 Å². The Morgan fingerprint density at radius 3 is 3.19 bits per heavy atom. The Bertz CT molecular complexity index is 318. The smallest absolute Gasteiger partial charge is 0.0729 e. The maximum absolute atomic E-state index is 5.32. The van der Waals surface area contributed by atoms with Crippen molar-refractivity contribution in [2.24, 2.45) is 0 Å². The Morgan fingerprint density at radius 1 is 1.62 bits per heavy atom. The lowest BCUT2D eigenvalue weighted by Gasteiger charge is -2.10. The Hall–Kier alpha value is -1.07. The van der Waals surface area contributed by atoms with Gasteiger partial charge >= 0.3 is 0 Å². The molecule has 1 aliphatic heterocycles. The zero-order valence-electron chi connectivity index (χ0n) is 10.0. The zero-order valence-corrected chi connectivity index (χ0v) is 10.0. The topological polar surface area (TPSA) is 42.3 Å². The summed E-state index contributed by atoms with van der Waals surface area (Å²) in [5.41, 5.74) is 1.09. The molecule has 1 saturated heterocycles. The number of rotatable bonds is 5. The van der Waals surface area contributed by atoms with Crippen LogP contribution in [-0.2, 0) is 11.3 Å². The van der Waals surface area contributed by atoms with Gasteiger partial charge in [-0.05, 0) is 20.5 Å². The van der Waals surface area contributed by atoms with Crippen molar-refractivity contribution in [3.05, 3.63) is 12.4 Å². The van der Waals surface area contributed by atoms with Crippen LogP contribution in [-0.4, -0.2) is 54.6 Å². The first kappa shape index (κ1) is 11.4. The number of hydrogen-bond acceptors (Lipinski definition) is 4. The molecule has 0 aromatic carbocycles. The molecule has 0 bridgehead atoms. The highest BCUT2D eigenvalue weighted by Gasteiger charge is 2.15. The summed E-state index contributed by atoms with van der Waals surface area (Å²) < 4.78 is 7.29. The molecule has 0 saturated carbocycles. The van der Waals surface area contributed by atoms with Gasteiger partial charge in [0, 0.05) is 19.3 Å². The predicted octanol–water partition coefficient (Wildman–Crippen LogP) is 0.645. The molecule has 90 valence electrons. The quantitative estimate of drug-likeness (QED) is 0.797. The van der Waals surface area contributed by atoms with Crippen LogP contribution in [0.3, 0.4) is 0 Å². The number of anilines is 1. The van der Waals surface area contributed by atoms with Gasteiger partial charge in [0.1, 0.15) is 0 Å². The molecule has 0 radical (unpaired) electrons. The third-order valence-electron chi connectivity index (χ3n) is 2.71. The number of nitrogens with zero attached hydrogens (tertiary/aromatic N) is 3. The molecule has 16 heavy (non-hydrogen) atoms. The van der Waals surface area contributed by atoms with E-state index in [4.69, 9.17) is 4.74 Å². The average Bonchev–Trinajstić information content (AvgIpc) is 2.87. The fourth-order valence-corrected chi connectivity index (χ4v) is 1.75. The van der Waals surface area contributed by atoms with Crippen LogP contribution in [0.1, 0.15) is 6.42 Å². The first-order valence-electron chi connectivity index (χ1n) is 5.75. The van der Waals surface area contributed by atoms with Crippen molar-refractivity contribution in [1.29, 1.82) is 0 Å². The van der Waals surface area contributed by atoms with E-state index in [1.807, 2.05) is 10.9 Å². The minimum atomic E-state index is 0.450. The highest BCUT2D eigenvalue weighted by Crippen LogP contribution is 2.12. The summed E-state index contributed by atoms with van der Waals surface area (Å²) in [4.78, 5) is 2.15. The molecule has 1 unspecified atom stereocenters. The van der Waals surface area contributed by atoms with E-state index in [0.29, 0.717) is 6.04 Å². The van der Waals surface area contributed by atoms with Gasteiger partial charge in [-0.25, -0.2) is 0 Å². The van der Waals surface area contributed by atoms with Gasteiger partial charge in [-0.1, -0.05) is 0 Å². The fourth-order valence-electron chi connectivity index (χ4n) is 1.75. The summed E-state index contributed by atoms with van der Waals surface area (Å²) in [5.74, 6) is 0. The lowest BCUT2D eigenvalue weighted by molar-refractivity contribution is 0.195. The highest BCUT2D eigenvalue weighted by molar-refractivity contribution is 5.39. The first-order chi connectivity index (χ1) is 7.74. The molecule has 1 atom stereocenters. The zero-order chi connectivity index (χ0) is 11.4. The van der Waals surface area contributed by atoms with Crippen molar-refractivity contribution < 1.29 is 4.74 Å². The van der Waals surface area contributed by atoms with Gasteiger partial charge in [0.15, 0.2) is 0 Å². The van der Waals surface area contributed by atoms with Crippen LogP contribution in [0, 0.1) is 0 Å².